The number of nitrogens with one attached hydrogen (secondary N) is 1. The van der Waals surface area contributed by atoms with Crippen LogP contribution in [0.1, 0.15) is 50.7 Å². The molecule has 1 aliphatic rings. The smallest absolute Gasteiger partial charge is 0.229 e. The zero-order valence-corrected chi connectivity index (χ0v) is 22.5. The molecule has 1 fully saturated rings. The molecule has 3 heterocycles. The summed E-state index contributed by atoms with van der Waals surface area (Å²) >= 11 is 4.69. The van der Waals surface area contributed by atoms with Crippen molar-refractivity contribution in [3.63, 3.8) is 0 Å². The van der Waals surface area contributed by atoms with Gasteiger partial charge in [-0.1, -0.05) is 6.92 Å². The van der Waals surface area contributed by atoms with Crippen LogP contribution in [0.15, 0.2) is 48.9 Å². The van der Waals surface area contributed by atoms with Crippen LogP contribution < -0.4 is 11.1 Å². The Labute approximate surface area is 226 Å². The molecule has 0 radical (unpaired) electrons. The number of hydrogen-bond acceptors (Lipinski definition) is 7. The summed E-state index contributed by atoms with van der Waals surface area (Å²) in [4.78, 5) is 8.77. The summed E-state index contributed by atoms with van der Waals surface area (Å²) in [6, 6.07) is 7.88. The van der Waals surface area contributed by atoms with Crippen LogP contribution in [0.25, 0.3) is 16.8 Å². The van der Waals surface area contributed by atoms with E-state index in [0.29, 0.717) is 22.9 Å². The first-order valence-corrected chi connectivity index (χ1v) is 13.3. The molecule has 3 aromatic heterocycles. The molecule has 0 spiro atoms. The Morgan fingerprint density at radius 1 is 1.16 bits per heavy atom. The first-order chi connectivity index (χ1) is 18.2. The molecule has 5 rings (SSSR count). The second-order valence-corrected chi connectivity index (χ2v) is 10.9. The van der Waals surface area contributed by atoms with Crippen molar-refractivity contribution in [1.29, 1.82) is 0 Å². The van der Waals surface area contributed by atoms with Crippen molar-refractivity contribution in [2.75, 3.05) is 5.32 Å². The fraction of sp³-hybridized carbons (Fsp3) is 0.393. The van der Waals surface area contributed by atoms with E-state index in [-0.39, 0.29) is 41.2 Å². The van der Waals surface area contributed by atoms with Crippen LogP contribution in [-0.4, -0.2) is 37.0 Å². The fourth-order valence-corrected chi connectivity index (χ4v) is 5.38. The van der Waals surface area contributed by atoms with Gasteiger partial charge in [-0.05, 0) is 80.0 Å². The summed E-state index contributed by atoms with van der Waals surface area (Å²) < 4.78 is 37.1. The average Bonchev–Trinajstić information content (AvgIpc) is 3.27. The molecular weight excluding hydrogens is 506 g/mol. The van der Waals surface area contributed by atoms with E-state index in [1.165, 1.54) is 12.1 Å². The second kappa shape index (κ2) is 11.0. The Balaban J connectivity index is 1.46. The molecule has 4 atom stereocenters. The van der Waals surface area contributed by atoms with E-state index in [1.807, 2.05) is 19.9 Å². The first-order valence-electron chi connectivity index (χ1n) is 12.8. The molecule has 1 aliphatic carbocycles. The van der Waals surface area contributed by atoms with Crippen LogP contribution in [-0.2, 0) is 11.3 Å². The molecule has 0 bridgehead atoms. The summed E-state index contributed by atoms with van der Waals surface area (Å²) in [6.07, 6.45) is 6.90. The highest BCUT2D eigenvalue weighted by Crippen LogP contribution is 2.40. The number of thiol groups is 1. The Hall–Kier alpha value is -3.08. The van der Waals surface area contributed by atoms with Gasteiger partial charge in [-0.3, -0.25) is 4.98 Å². The fourth-order valence-electron chi connectivity index (χ4n) is 5.13. The zero-order chi connectivity index (χ0) is 27.0. The topological polar surface area (TPSA) is 90.4 Å². The highest BCUT2D eigenvalue weighted by Gasteiger charge is 2.33. The first kappa shape index (κ1) is 26.5. The minimum Gasteiger partial charge on any atom is -0.374 e. The van der Waals surface area contributed by atoms with Gasteiger partial charge < -0.3 is 15.8 Å². The largest absolute Gasteiger partial charge is 0.374 e. The van der Waals surface area contributed by atoms with E-state index in [0.717, 1.165) is 24.1 Å². The lowest BCUT2D eigenvalue weighted by atomic mass is 9.76. The summed E-state index contributed by atoms with van der Waals surface area (Å²) in [5.74, 6) is -0.371. The van der Waals surface area contributed by atoms with Crippen molar-refractivity contribution in [3.8, 4) is 11.3 Å². The van der Waals surface area contributed by atoms with Crippen molar-refractivity contribution in [2.24, 2.45) is 11.7 Å². The summed E-state index contributed by atoms with van der Waals surface area (Å²) in [7, 11) is 0. The molecule has 38 heavy (non-hydrogen) atoms. The maximum absolute atomic E-state index is 15.0. The molecule has 1 aromatic carbocycles. The number of nitrogens with zero attached hydrogens (tertiary/aromatic N) is 4. The van der Waals surface area contributed by atoms with Crippen LogP contribution in [0.5, 0.6) is 0 Å². The van der Waals surface area contributed by atoms with Gasteiger partial charge in [-0.15, -0.1) is 0 Å². The molecule has 3 N–H and O–H groups in total. The van der Waals surface area contributed by atoms with Crippen LogP contribution >= 0.6 is 12.6 Å². The lowest BCUT2D eigenvalue weighted by Gasteiger charge is -2.37. The maximum Gasteiger partial charge on any atom is 0.229 e. The molecule has 0 aliphatic heterocycles. The number of imidazole rings is 1. The van der Waals surface area contributed by atoms with Gasteiger partial charge in [0.1, 0.15) is 11.6 Å². The summed E-state index contributed by atoms with van der Waals surface area (Å²) in [5.41, 5.74) is 9.32. The molecule has 10 heteroatoms. The van der Waals surface area contributed by atoms with Crippen LogP contribution in [0.3, 0.4) is 0 Å². The average molecular weight is 539 g/mol. The predicted molar refractivity (Wildman–Crippen MR) is 148 cm³/mol. The number of hydrogen-bond donors (Lipinski definition) is 3. The van der Waals surface area contributed by atoms with Crippen molar-refractivity contribution < 1.29 is 13.5 Å². The van der Waals surface area contributed by atoms with Crippen LogP contribution in [0, 0.1) is 17.6 Å². The second-order valence-electron chi connectivity index (χ2n) is 10.3. The van der Waals surface area contributed by atoms with Gasteiger partial charge >= 0.3 is 0 Å². The van der Waals surface area contributed by atoms with Gasteiger partial charge in [0, 0.05) is 17.5 Å². The van der Waals surface area contributed by atoms with Crippen molar-refractivity contribution in [3.05, 3.63) is 71.7 Å². The molecule has 1 saturated carbocycles. The number of ether oxygens (including phenoxy) is 1. The van der Waals surface area contributed by atoms with E-state index in [4.69, 9.17) is 10.5 Å². The van der Waals surface area contributed by atoms with E-state index < -0.39 is 11.6 Å². The zero-order valence-electron chi connectivity index (χ0n) is 21.6. The summed E-state index contributed by atoms with van der Waals surface area (Å²) in [6.45, 7) is 6.04. The number of nitrogens with two attached hydrogens (primary N) is 1. The normalized spacial score (nSPS) is 21.8. The van der Waals surface area contributed by atoms with Crippen molar-refractivity contribution in [1.82, 2.24) is 19.6 Å². The van der Waals surface area contributed by atoms with Crippen molar-refractivity contribution >= 4 is 29.8 Å². The molecule has 0 unspecified atom stereocenters. The number of fused-ring (bicyclic) bond motifs is 1. The van der Waals surface area contributed by atoms with E-state index in [2.05, 4.69) is 39.9 Å². The molecule has 4 aromatic rings. The number of aromatic nitrogens is 4. The summed E-state index contributed by atoms with van der Waals surface area (Å²) in [5, 5.41) is 8.04. The van der Waals surface area contributed by atoms with Gasteiger partial charge in [0.25, 0.3) is 0 Å². The molecule has 0 amide bonds. The predicted octanol–water partition coefficient (Wildman–Crippen LogP) is 5.88. The van der Waals surface area contributed by atoms with Gasteiger partial charge in [-0.25, -0.2) is 13.8 Å². The van der Waals surface area contributed by atoms with E-state index in [9.17, 15) is 0 Å². The number of anilines is 2. The maximum atomic E-state index is 15.0. The molecule has 0 saturated heterocycles. The van der Waals surface area contributed by atoms with E-state index >= 15 is 8.78 Å². The van der Waals surface area contributed by atoms with Crippen LogP contribution in [0.4, 0.5) is 20.4 Å². The highest BCUT2D eigenvalue weighted by atomic mass is 32.1. The monoisotopic (exact) mass is 538 g/mol. The standard InChI is InChI=1S/C28H32F2N6OS/c1-15(2)37-14-17-9-21(29)26(22(30)10-17)24-5-4-19-12-33-28(36(19)35-24)34-25-13-32-7-6-20(25)18-8-16(3)27(38)23(31)11-18/h4-7,9-10,12-13,15-16,18,23,27,38H,8,11,14,31H2,1-3H3,(H,33,34)/t16-,18+,23+,27+/m0/s1. The number of benzene rings is 1. The van der Waals surface area contributed by atoms with Gasteiger partial charge in [-0.2, -0.15) is 22.2 Å². The molecule has 7 nitrogen and oxygen atoms in total. The highest BCUT2D eigenvalue weighted by molar-refractivity contribution is 7.81. The third-order valence-corrected chi connectivity index (χ3v) is 7.99. The molecular formula is C28H32F2N6OS. The lowest BCUT2D eigenvalue weighted by Crippen LogP contribution is -2.41. The Morgan fingerprint density at radius 3 is 2.63 bits per heavy atom. The van der Waals surface area contributed by atoms with Crippen molar-refractivity contribution in [2.45, 2.75) is 63.5 Å². The minimum atomic E-state index is -0.700. The quantitative estimate of drug-likeness (QED) is 0.255. The Kier molecular flexibility index (Phi) is 7.65. The van der Waals surface area contributed by atoms with Crippen LogP contribution in [0.2, 0.25) is 0 Å². The lowest BCUT2D eigenvalue weighted by molar-refractivity contribution is 0.0654. The number of rotatable bonds is 7. The van der Waals surface area contributed by atoms with E-state index in [1.54, 1.807) is 35.2 Å². The van der Waals surface area contributed by atoms with Gasteiger partial charge in [0.05, 0.1) is 47.6 Å². The number of pyridine rings is 1. The number of halogens is 2. The third kappa shape index (κ3) is 5.39. The van der Waals surface area contributed by atoms with Gasteiger partial charge in [0.2, 0.25) is 5.95 Å². The molecule has 200 valence electrons. The van der Waals surface area contributed by atoms with Gasteiger partial charge in [0.15, 0.2) is 0 Å². The Bertz CT molecular complexity index is 1410. The minimum absolute atomic E-state index is 0.00213. The Morgan fingerprint density at radius 2 is 1.92 bits per heavy atom. The third-order valence-electron chi connectivity index (χ3n) is 7.10. The SMILES string of the molecule is CC(C)OCc1cc(F)c(-c2ccc3cnc(Nc4cnccc4[C@H]4C[C@@H](N)[C@H](S)[C@@H](C)C4)n3n2)c(F)c1.